The number of halogens is 2. The molecule has 5 nitrogen and oxygen atoms in total. The van der Waals surface area contributed by atoms with Crippen LogP contribution >= 0.6 is 34.4 Å². The first kappa shape index (κ1) is 34.3. The Morgan fingerprint density at radius 2 is 1.04 bits per heavy atom. The Balaban J connectivity index is 1.71. The second-order valence-corrected chi connectivity index (χ2v) is 17.6. The molecular weight excluding hydrogens is 735 g/mol. The monoisotopic (exact) mass is 764 g/mol. The van der Waals surface area contributed by atoms with Gasteiger partial charge in [0.25, 0.3) is 10.0 Å². The van der Waals surface area contributed by atoms with Gasteiger partial charge >= 0.3 is 0 Å². The summed E-state index contributed by atoms with van der Waals surface area (Å²) < 4.78 is 27.8. The molecule has 0 amide bonds. The summed E-state index contributed by atoms with van der Waals surface area (Å²) in [4.78, 5) is 17.8. The molecule has 0 aliphatic carbocycles. The van der Waals surface area contributed by atoms with E-state index in [1.54, 1.807) is 42.5 Å². The maximum atomic E-state index is 15.2. The Hall–Kier alpha value is -4.52. The van der Waals surface area contributed by atoms with Crippen molar-refractivity contribution in [1.29, 1.82) is 0 Å². The third kappa shape index (κ3) is 7.56. The minimum atomic E-state index is -4.02. The Morgan fingerprint density at radius 3 is 1.51 bits per heavy atom. The van der Waals surface area contributed by atoms with Gasteiger partial charge in [-0.2, -0.15) is 18.4 Å². The summed E-state index contributed by atoms with van der Waals surface area (Å²) >= 11 is 9.80. The molecule has 244 valence electrons. The highest BCUT2D eigenvalue weighted by Crippen LogP contribution is 2.48. The van der Waals surface area contributed by atoms with Gasteiger partial charge in [0, 0.05) is 26.8 Å². The standard InChI is InChI=1S/C40H31BrClN2O3PS/c41-32-25-21-30(22-26-32)38(43-44-49(46,47)37-19-11-4-12-20-37)29-39(40(45)31-23-27-33(42)28-24-31)48(34-13-5-1-6-14-34,35-15-7-2-8-16-35)36-17-9-3-10-18-36/h1-28,44H,29H2/b43-38-. The molecule has 0 spiro atoms. The average molecular weight is 766 g/mol. The molecule has 0 saturated heterocycles. The van der Waals surface area contributed by atoms with Crippen molar-refractivity contribution in [3.63, 3.8) is 0 Å². The molecular formula is C40H31BrClN2O3PS. The van der Waals surface area contributed by atoms with E-state index in [0.717, 1.165) is 20.4 Å². The van der Waals surface area contributed by atoms with Crippen molar-refractivity contribution >= 4 is 77.1 Å². The lowest BCUT2D eigenvalue weighted by molar-refractivity contribution is 0.106. The summed E-state index contributed by atoms with van der Waals surface area (Å²) in [6.07, 6.45) is 0.0346. The molecule has 6 rings (SSSR count). The number of hydrogen-bond donors (Lipinski definition) is 1. The third-order valence-electron chi connectivity index (χ3n) is 8.07. The number of carbonyl (C=O) groups excluding carboxylic acids is 1. The van der Waals surface area contributed by atoms with E-state index >= 15 is 4.79 Å². The van der Waals surface area contributed by atoms with Crippen LogP contribution in [0.25, 0.3) is 0 Å². The molecule has 6 aromatic carbocycles. The first-order valence-electron chi connectivity index (χ1n) is 15.4. The summed E-state index contributed by atoms with van der Waals surface area (Å²) in [5.74, 6) is -0.183. The number of benzene rings is 6. The van der Waals surface area contributed by atoms with Gasteiger partial charge in [-0.05, 0) is 76.9 Å². The molecule has 0 aliphatic rings. The Labute approximate surface area is 300 Å². The maximum absolute atomic E-state index is 15.2. The molecule has 0 bridgehead atoms. The lowest BCUT2D eigenvalue weighted by Gasteiger charge is -2.33. The lowest BCUT2D eigenvalue weighted by atomic mass is 10.0. The number of ketones is 1. The Morgan fingerprint density at radius 1 is 0.612 bits per heavy atom. The minimum absolute atomic E-state index is 0.0346. The fraction of sp³-hybridized carbons (Fsp3) is 0.0250. The molecule has 6 aromatic rings. The largest absolute Gasteiger partial charge is 0.289 e. The predicted octanol–water partition coefficient (Wildman–Crippen LogP) is 8.22. The van der Waals surface area contributed by atoms with Crippen LogP contribution in [-0.4, -0.2) is 25.2 Å². The first-order chi connectivity index (χ1) is 23.8. The number of rotatable bonds is 11. The molecule has 0 saturated carbocycles. The number of nitrogens with zero attached hydrogens (tertiary/aromatic N) is 1. The van der Waals surface area contributed by atoms with Crippen molar-refractivity contribution < 1.29 is 13.2 Å². The van der Waals surface area contributed by atoms with Crippen molar-refractivity contribution in [1.82, 2.24) is 4.83 Å². The average Bonchev–Trinajstić information content (AvgIpc) is 3.15. The van der Waals surface area contributed by atoms with Crippen molar-refractivity contribution in [2.45, 2.75) is 11.3 Å². The molecule has 0 fully saturated rings. The van der Waals surface area contributed by atoms with Gasteiger partial charge in [-0.3, -0.25) is 4.79 Å². The molecule has 9 heteroatoms. The van der Waals surface area contributed by atoms with Gasteiger partial charge in [0.15, 0.2) is 5.78 Å². The van der Waals surface area contributed by atoms with Crippen molar-refractivity contribution in [2.24, 2.45) is 5.10 Å². The summed E-state index contributed by atoms with van der Waals surface area (Å²) in [7, 11) is -4.02. The highest BCUT2D eigenvalue weighted by atomic mass is 79.9. The highest BCUT2D eigenvalue weighted by Gasteiger charge is 2.34. The number of hydrogen-bond acceptors (Lipinski definition) is 4. The van der Waals surface area contributed by atoms with Gasteiger partial charge in [0.1, 0.15) is 0 Å². The molecule has 0 unspecified atom stereocenters. The number of carbonyl (C=O) groups is 1. The van der Waals surface area contributed by atoms with Gasteiger partial charge in [0.05, 0.1) is 10.6 Å². The van der Waals surface area contributed by atoms with Crippen molar-refractivity contribution in [2.75, 3.05) is 0 Å². The Kier molecular flexibility index (Phi) is 10.8. The van der Waals surface area contributed by atoms with Crippen LogP contribution in [0.4, 0.5) is 0 Å². The van der Waals surface area contributed by atoms with Crippen LogP contribution in [0.15, 0.2) is 184 Å². The SMILES string of the molecule is O=C(C(C/C(=N/NS(=O)(=O)c1ccccc1)c1ccc(Br)cc1)=P(c1ccccc1)(c1ccccc1)c1ccccc1)c1ccc(Cl)cc1. The van der Waals surface area contributed by atoms with Crippen molar-refractivity contribution in [3.05, 3.63) is 190 Å². The smallest absolute Gasteiger partial charge is 0.276 e. The fourth-order valence-corrected chi connectivity index (χ4v) is 11.5. The van der Waals surface area contributed by atoms with E-state index in [4.69, 9.17) is 11.6 Å². The van der Waals surface area contributed by atoms with Gasteiger partial charge in [-0.1, -0.05) is 149 Å². The zero-order valence-electron chi connectivity index (χ0n) is 26.2. The van der Waals surface area contributed by atoms with Crippen LogP contribution in [0.2, 0.25) is 5.02 Å². The van der Waals surface area contributed by atoms with E-state index < -0.39 is 16.9 Å². The van der Waals surface area contributed by atoms with Crippen LogP contribution in [0.3, 0.4) is 0 Å². The zero-order chi connectivity index (χ0) is 34.3. The van der Waals surface area contributed by atoms with E-state index in [2.05, 4.69) is 62.3 Å². The van der Waals surface area contributed by atoms with E-state index in [1.165, 1.54) is 12.1 Å². The molecule has 0 heterocycles. The van der Waals surface area contributed by atoms with E-state index in [1.807, 2.05) is 78.9 Å². The number of Topliss-reactive ketones (excluding diaryl/α,β-unsaturated/α-hetero) is 1. The highest BCUT2D eigenvalue weighted by molar-refractivity contribution is 9.10. The molecule has 0 aliphatic heterocycles. The van der Waals surface area contributed by atoms with Gasteiger partial charge < -0.3 is 0 Å². The number of nitrogens with one attached hydrogen (secondary N) is 1. The second kappa shape index (κ2) is 15.4. The summed E-state index contributed by atoms with van der Waals surface area (Å²) in [6.45, 7) is -2.94. The van der Waals surface area contributed by atoms with Gasteiger partial charge in [-0.25, -0.2) is 0 Å². The summed E-state index contributed by atoms with van der Waals surface area (Å²) in [5.41, 5.74) is 1.51. The zero-order valence-corrected chi connectivity index (χ0v) is 30.2. The first-order valence-corrected chi connectivity index (χ1v) is 19.9. The van der Waals surface area contributed by atoms with Crippen LogP contribution in [0, 0.1) is 0 Å². The number of hydrazone groups is 1. The normalized spacial score (nSPS) is 11.9. The molecule has 1 N–H and O–H groups in total. The van der Waals surface area contributed by atoms with E-state index in [-0.39, 0.29) is 17.1 Å². The topological polar surface area (TPSA) is 75.6 Å². The molecule has 0 radical (unpaired) electrons. The van der Waals surface area contributed by atoms with E-state index in [9.17, 15) is 8.42 Å². The minimum Gasteiger partial charge on any atom is -0.289 e. The van der Waals surface area contributed by atoms with Crippen LogP contribution < -0.4 is 20.7 Å². The van der Waals surface area contributed by atoms with Gasteiger partial charge in [-0.15, -0.1) is 0 Å². The Bertz CT molecular complexity index is 2150. The second-order valence-electron chi connectivity index (χ2n) is 11.1. The van der Waals surface area contributed by atoms with Crippen LogP contribution in [0.1, 0.15) is 22.3 Å². The predicted molar refractivity (Wildman–Crippen MR) is 208 cm³/mol. The maximum Gasteiger partial charge on any atom is 0.276 e. The third-order valence-corrected chi connectivity index (χ3v) is 14.5. The summed E-state index contributed by atoms with van der Waals surface area (Å²) in [5, 5.41) is 8.61. The van der Waals surface area contributed by atoms with Crippen molar-refractivity contribution in [3.8, 4) is 0 Å². The van der Waals surface area contributed by atoms with Crippen LogP contribution in [-0.2, 0) is 10.0 Å². The fourth-order valence-electron chi connectivity index (χ4n) is 5.76. The number of sulfonamides is 1. The van der Waals surface area contributed by atoms with Crippen LogP contribution in [0.5, 0.6) is 0 Å². The van der Waals surface area contributed by atoms with Gasteiger partial charge in [0.2, 0.25) is 0 Å². The lowest BCUT2D eigenvalue weighted by Crippen LogP contribution is -2.35. The molecule has 0 atom stereocenters. The quantitative estimate of drug-likeness (QED) is 0.0626. The molecule has 0 aromatic heterocycles. The summed E-state index contributed by atoms with van der Waals surface area (Å²) in [6, 6.07) is 52.6. The molecule has 49 heavy (non-hydrogen) atoms. The van der Waals surface area contributed by atoms with E-state index in [0.29, 0.717) is 27.2 Å².